The lowest BCUT2D eigenvalue weighted by atomic mass is 10.1. The molecule has 8 heteroatoms. The van der Waals surface area contributed by atoms with Gasteiger partial charge in [0, 0.05) is 28.4 Å². The number of H-pyrrole nitrogens is 1. The van der Waals surface area contributed by atoms with Crippen molar-refractivity contribution >= 4 is 26.5 Å². The highest BCUT2D eigenvalue weighted by Crippen LogP contribution is 2.26. The molecule has 6 nitrogen and oxygen atoms in total. The molecule has 0 aliphatic carbocycles. The minimum Gasteiger partial charge on any atom is -0.342 e. The Morgan fingerprint density at radius 2 is 1.74 bits per heavy atom. The van der Waals surface area contributed by atoms with Crippen molar-refractivity contribution in [2.45, 2.75) is 11.8 Å². The van der Waals surface area contributed by atoms with E-state index >= 15 is 0 Å². The minimum absolute atomic E-state index is 0.174. The molecule has 0 spiro atoms. The molecule has 2 heterocycles. The summed E-state index contributed by atoms with van der Waals surface area (Å²) in [5.74, 6) is 0.697. The zero-order valence-corrected chi connectivity index (χ0v) is 16.0. The fourth-order valence-electron chi connectivity index (χ4n) is 2.71. The van der Waals surface area contributed by atoms with E-state index in [1.165, 1.54) is 11.3 Å². The van der Waals surface area contributed by atoms with Gasteiger partial charge in [-0.3, -0.25) is 4.72 Å². The molecule has 0 radical (unpaired) electrons. The van der Waals surface area contributed by atoms with Crippen LogP contribution in [-0.4, -0.2) is 23.4 Å². The summed E-state index contributed by atoms with van der Waals surface area (Å²) in [6.07, 6.45) is 1.55. The number of rotatable bonds is 5. The number of aryl methyl sites for hydroxylation is 1. The molecule has 4 rings (SSSR count). The van der Waals surface area contributed by atoms with E-state index in [0.717, 1.165) is 22.5 Å². The summed E-state index contributed by atoms with van der Waals surface area (Å²) >= 11 is 1.23. The summed E-state index contributed by atoms with van der Waals surface area (Å²) in [7, 11) is -3.66. The molecule has 0 unspecified atom stereocenters. The number of aromatic nitrogens is 3. The molecule has 0 saturated carbocycles. The second kappa shape index (κ2) is 6.98. The molecule has 0 fully saturated rings. The summed E-state index contributed by atoms with van der Waals surface area (Å²) < 4.78 is 27.3. The molecule has 2 aromatic carbocycles. The highest BCUT2D eigenvalue weighted by atomic mass is 32.2. The fourth-order valence-corrected chi connectivity index (χ4v) is 4.50. The minimum atomic E-state index is -3.66. The SMILES string of the molecule is Cc1[nH]c(-c2ccc(S(=O)(=O)Nc3nccs3)cc2)nc1-c1ccccc1. The van der Waals surface area contributed by atoms with Crippen molar-refractivity contribution < 1.29 is 8.42 Å². The first-order chi connectivity index (χ1) is 13.0. The maximum Gasteiger partial charge on any atom is 0.263 e. The van der Waals surface area contributed by atoms with Crippen LogP contribution in [0.3, 0.4) is 0 Å². The van der Waals surface area contributed by atoms with Crippen molar-refractivity contribution in [1.82, 2.24) is 15.0 Å². The van der Waals surface area contributed by atoms with Crippen LogP contribution in [0, 0.1) is 6.92 Å². The maximum absolute atomic E-state index is 12.4. The Hall–Kier alpha value is -2.97. The average molecular weight is 396 g/mol. The van der Waals surface area contributed by atoms with Crippen molar-refractivity contribution in [2.75, 3.05) is 4.72 Å². The second-order valence-electron chi connectivity index (χ2n) is 5.89. The van der Waals surface area contributed by atoms with Crippen molar-refractivity contribution in [3.63, 3.8) is 0 Å². The van der Waals surface area contributed by atoms with Crippen LogP contribution in [0.15, 0.2) is 71.1 Å². The number of nitrogens with zero attached hydrogens (tertiary/aromatic N) is 2. The second-order valence-corrected chi connectivity index (χ2v) is 8.47. The van der Waals surface area contributed by atoms with E-state index in [1.54, 1.807) is 35.8 Å². The zero-order chi connectivity index (χ0) is 18.9. The van der Waals surface area contributed by atoms with Crippen LogP contribution < -0.4 is 4.72 Å². The summed E-state index contributed by atoms with van der Waals surface area (Å²) in [4.78, 5) is 12.1. The molecule has 136 valence electrons. The smallest absolute Gasteiger partial charge is 0.263 e. The van der Waals surface area contributed by atoms with Crippen molar-refractivity contribution in [1.29, 1.82) is 0 Å². The van der Waals surface area contributed by atoms with Gasteiger partial charge in [0.25, 0.3) is 10.0 Å². The third-order valence-corrected chi connectivity index (χ3v) is 6.20. The summed E-state index contributed by atoms with van der Waals surface area (Å²) in [5, 5.41) is 2.05. The number of hydrogen-bond acceptors (Lipinski definition) is 5. The lowest BCUT2D eigenvalue weighted by Gasteiger charge is -2.05. The quantitative estimate of drug-likeness (QED) is 0.526. The highest BCUT2D eigenvalue weighted by molar-refractivity contribution is 7.93. The van der Waals surface area contributed by atoms with Crippen LogP contribution in [0.4, 0.5) is 5.13 Å². The summed E-state index contributed by atoms with van der Waals surface area (Å²) in [6.45, 7) is 1.97. The van der Waals surface area contributed by atoms with Gasteiger partial charge in [-0.1, -0.05) is 30.3 Å². The van der Waals surface area contributed by atoms with E-state index in [2.05, 4.69) is 19.7 Å². The predicted octanol–water partition coefficient (Wildman–Crippen LogP) is 4.31. The zero-order valence-electron chi connectivity index (χ0n) is 14.4. The van der Waals surface area contributed by atoms with Gasteiger partial charge in [0.2, 0.25) is 0 Å². The molecule has 0 aliphatic heterocycles. The normalized spacial score (nSPS) is 11.4. The molecule has 0 aliphatic rings. The van der Waals surface area contributed by atoms with Gasteiger partial charge in [-0.25, -0.2) is 18.4 Å². The molecule has 2 N–H and O–H groups in total. The van der Waals surface area contributed by atoms with Gasteiger partial charge in [0.15, 0.2) is 5.13 Å². The summed E-state index contributed by atoms with van der Waals surface area (Å²) in [5.41, 5.74) is 3.68. The van der Waals surface area contributed by atoms with Crippen molar-refractivity contribution in [3.05, 3.63) is 71.9 Å². The predicted molar refractivity (Wildman–Crippen MR) is 107 cm³/mol. The third-order valence-electron chi connectivity index (χ3n) is 4.02. The van der Waals surface area contributed by atoms with E-state index in [1.807, 2.05) is 37.3 Å². The first-order valence-electron chi connectivity index (χ1n) is 8.18. The van der Waals surface area contributed by atoms with E-state index in [-0.39, 0.29) is 4.90 Å². The Balaban J connectivity index is 1.61. The van der Waals surface area contributed by atoms with E-state index in [4.69, 9.17) is 0 Å². The van der Waals surface area contributed by atoms with Crippen LogP contribution >= 0.6 is 11.3 Å². The van der Waals surface area contributed by atoms with Gasteiger partial charge in [-0.05, 0) is 31.2 Å². The molecule has 27 heavy (non-hydrogen) atoms. The number of thiazole rings is 1. The number of benzene rings is 2. The third kappa shape index (κ3) is 3.62. The van der Waals surface area contributed by atoms with E-state index in [9.17, 15) is 8.42 Å². The molecular formula is C19H16N4O2S2. The van der Waals surface area contributed by atoms with Crippen LogP contribution in [0.1, 0.15) is 5.69 Å². The number of anilines is 1. The number of imidazole rings is 1. The molecule has 0 amide bonds. The molecule has 2 aromatic heterocycles. The van der Waals surface area contributed by atoms with E-state index in [0.29, 0.717) is 11.0 Å². The Labute approximate surface area is 161 Å². The summed E-state index contributed by atoms with van der Waals surface area (Å²) in [6, 6.07) is 16.5. The van der Waals surface area contributed by atoms with Gasteiger partial charge in [0.1, 0.15) is 5.82 Å². The van der Waals surface area contributed by atoms with E-state index < -0.39 is 10.0 Å². The molecule has 0 saturated heterocycles. The van der Waals surface area contributed by atoms with Crippen molar-refractivity contribution in [2.24, 2.45) is 0 Å². The number of hydrogen-bond donors (Lipinski definition) is 2. The topological polar surface area (TPSA) is 87.7 Å². The lowest BCUT2D eigenvalue weighted by Crippen LogP contribution is -2.12. The molecule has 0 bridgehead atoms. The molecular weight excluding hydrogens is 380 g/mol. The van der Waals surface area contributed by atoms with Crippen LogP contribution in [0.25, 0.3) is 22.6 Å². The van der Waals surface area contributed by atoms with Gasteiger partial charge in [0.05, 0.1) is 10.6 Å². The molecule has 0 atom stereocenters. The lowest BCUT2D eigenvalue weighted by molar-refractivity contribution is 0.601. The van der Waals surface area contributed by atoms with Crippen LogP contribution in [0.5, 0.6) is 0 Å². The Kier molecular flexibility index (Phi) is 4.51. The standard InChI is InChI=1S/C19H16N4O2S2/c1-13-17(14-5-3-2-4-6-14)22-18(21-13)15-7-9-16(10-8-15)27(24,25)23-19-20-11-12-26-19/h2-12H,1H3,(H,20,23)(H,21,22). The first kappa shape index (κ1) is 17.4. The van der Waals surface area contributed by atoms with Crippen LogP contribution in [-0.2, 0) is 10.0 Å². The van der Waals surface area contributed by atoms with Crippen molar-refractivity contribution in [3.8, 4) is 22.6 Å². The van der Waals surface area contributed by atoms with Gasteiger partial charge >= 0.3 is 0 Å². The Morgan fingerprint density at radius 3 is 2.41 bits per heavy atom. The number of nitrogens with one attached hydrogen (secondary N) is 2. The first-order valence-corrected chi connectivity index (χ1v) is 10.5. The largest absolute Gasteiger partial charge is 0.342 e. The molecule has 4 aromatic rings. The highest BCUT2D eigenvalue weighted by Gasteiger charge is 2.16. The fraction of sp³-hybridized carbons (Fsp3) is 0.0526. The number of aromatic amines is 1. The Morgan fingerprint density at radius 1 is 1.00 bits per heavy atom. The van der Waals surface area contributed by atoms with Gasteiger partial charge < -0.3 is 4.98 Å². The van der Waals surface area contributed by atoms with Gasteiger partial charge in [-0.2, -0.15) is 0 Å². The number of sulfonamides is 1. The Bertz CT molecular complexity index is 1150. The average Bonchev–Trinajstić information content (AvgIpc) is 3.32. The van der Waals surface area contributed by atoms with Crippen LogP contribution in [0.2, 0.25) is 0 Å². The maximum atomic E-state index is 12.4. The monoisotopic (exact) mass is 396 g/mol. The van der Waals surface area contributed by atoms with Gasteiger partial charge in [-0.15, -0.1) is 11.3 Å².